The van der Waals surface area contributed by atoms with Gasteiger partial charge in [0.2, 0.25) is 5.79 Å². The molecule has 16 heavy (non-hydrogen) atoms. The molecule has 4 heteroatoms. The van der Waals surface area contributed by atoms with Gasteiger partial charge in [0, 0.05) is 12.8 Å². The van der Waals surface area contributed by atoms with E-state index < -0.39 is 5.79 Å². The molecule has 0 bridgehead atoms. The smallest absolute Gasteiger partial charge is 0.308 e. The molecule has 0 unspecified atom stereocenters. The molecule has 1 saturated carbocycles. The fourth-order valence-electron chi connectivity index (χ4n) is 2.33. The molecule has 2 rings (SSSR count). The number of esters is 1. The Bertz CT molecular complexity index is 289. The van der Waals surface area contributed by atoms with E-state index in [1.54, 1.807) is 0 Å². The van der Waals surface area contributed by atoms with Crippen LogP contribution in [0.2, 0.25) is 0 Å². The average Bonchev–Trinajstić information content (AvgIpc) is 2.61. The van der Waals surface area contributed by atoms with E-state index in [1.165, 1.54) is 0 Å². The molecule has 0 N–H and O–H groups in total. The van der Waals surface area contributed by atoms with Gasteiger partial charge in [-0.1, -0.05) is 6.58 Å². The van der Waals surface area contributed by atoms with Crippen LogP contribution < -0.4 is 0 Å². The van der Waals surface area contributed by atoms with Crippen molar-refractivity contribution in [2.24, 2.45) is 5.92 Å². The van der Waals surface area contributed by atoms with Gasteiger partial charge in [-0.15, -0.1) is 0 Å². The molecule has 1 saturated heterocycles. The molecule has 1 spiro atoms. The van der Waals surface area contributed by atoms with Gasteiger partial charge < -0.3 is 14.2 Å². The van der Waals surface area contributed by atoms with Gasteiger partial charge in [0.1, 0.15) is 12.4 Å². The second-order valence-electron chi connectivity index (χ2n) is 4.37. The maximum absolute atomic E-state index is 11.5. The zero-order chi connectivity index (χ0) is 11.6. The molecule has 0 radical (unpaired) electrons. The highest BCUT2D eigenvalue weighted by Crippen LogP contribution is 2.40. The van der Waals surface area contributed by atoms with Crippen molar-refractivity contribution in [3.8, 4) is 0 Å². The van der Waals surface area contributed by atoms with Crippen LogP contribution in [0.15, 0.2) is 12.3 Å². The van der Waals surface area contributed by atoms with Crippen LogP contribution in [-0.4, -0.2) is 25.0 Å². The first kappa shape index (κ1) is 11.5. The first-order valence-corrected chi connectivity index (χ1v) is 5.82. The second-order valence-corrected chi connectivity index (χ2v) is 4.37. The molecule has 0 atom stereocenters. The van der Waals surface area contributed by atoms with Gasteiger partial charge in [0.25, 0.3) is 0 Å². The Morgan fingerprint density at radius 3 is 2.75 bits per heavy atom. The van der Waals surface area contributed by atoms with E-state index in [4.69, 9.17) is 14.2 Å². The monoisotopic (exact) mass is 226 g/mol. The Morgan fingerprint density at radius 1 is 1.56 bits per heavy atom. The van der Waals surface area contributed by atoms with Crippen LogP contribution in [0.4, 0.5) is 0 Å². The lowest BCUT2D eigenvalue weighted by molar-refractivity contribution is -0.181. The minimum Gasteiger partial charge on any atom is -0.466 e. The molecule has 4 nitrogen and oxygen atoms in total. The lowest BCUT2D eigenvalue weighted by Crippen LogP contribution is -2.37. The van der Waals surface area contributed by atoms with Gasteiger partial charge in [0.15, 0.2) is 0 Å². The Kier molecular flexibility index (Phi) is 3.19. The minimum absolute atomic E-state index is 0.00615. The van der Waals surface area contributed by atoms with E-state index in [-0.39, 0.29) is 11.9 Å². The van der Waals surface area contributed by atoms with Gasteiger partial charge in [-0.3, -0.25) is 4.79 Å². The molecular weight excluding hydrogens is 208 g/mol. The average molecular weight is 226 g/mol. The predicted octanol–water partition coefficient (Wildman–Crippen LogP) is 2.00. The van der Waals surface area contributed by atoms with Crippen LogP contribution >= 0.6 is 0 Å². The van der Waals surface area contributed by atoms with Crippen molar-refractivity contribution in [1.82, 2.24) is 0 Å². The number of ether oxygens (including phenoxy) is 3. The van der Waals surface area contributed by atoms with Crippen LogP contribution in [0.1, 0.15) is 32.6 Å². The maximum atomic E-state index is 11.5. The lowest BCUT2D eigenvalue weighted by atomic mass is 9.85. The van der Waals surface area contributed by atoms with Gasteiger partial charge in [0.05, 0.1) is 12.5 Å². The first-order valence-electron chi connectivity index (χ1n) is 5.82. The molecule has 1 aliphatic heterocycles. The van der Waals surface area contributed by atoms with Crippen LogP contribution in [0.3, 0.4) is 0 Å². The lowest BCUT2D eigenvalue weighted by Gasteiger charge is -2.34. The highest BCUT2D eigenvalue weighted by molar-refractivity contribution is 5.72. The normalized spacial score (nSPS) is 33.8. The standard InChI is InChI=1S/C12H18O4/c1-3-14-11(13)10-4-6-12(7-5-10)15-8-9(2)16-12/h10H,2-8H2,1H3. The summed E-state index contributed by atoms with van der Waals surface area (Å²) in [5, 5.41) is 0. The number of hydrogen-bond acceptors (Lipinski definition) is 4. The Hall–Kier alpha value is -1.03. The first-order chi connectivity index (χ1) is 7.65. The number of carbonyl (C=O) groups is 1. The summed E-state index contributed by atoms with van der Waals surface area (Å²) in [6, 6.07) is 0. The Morgan fingerprint density at radius 2 is 2.25 bits per heavy atom. The summed E-state index contributed by atoms with van der Waals surface area (Å²) >= 11 is 0. The third-order valence-electron chi connectivity index (χ3n) is 3.19. The fourth-order valence-corrected chi connectivity index (χ4v) is 2.33. The SMILES string of the molecule is C=C1COC2(CCC(C(=O)OCC)CC2)O1. The van der Waals surface area contributed by atoms with E-state index in [0.29, 0.717) is 19.0 Å². The highest BCUT2D eigenvalue weighted by atomic mass is 16.7. The molecular formula is C12H18O4. The molecule has 0 aromatic rings. The third kappa shape index (κ3) is 2.21. The van der Waals surface area contributed by atoms with Crippen LogP contribution in [0, 0.1) is 5.92 Å². The van der Waals surface area contributed by atoms with Crippen LogP contribution in [0.25, 0.3) is 0 Å². The van der Waals surface area contributed by atoms with Crippen molar-refractivity contribution in [2.75, 3.05) is 13.2 Å². The van der Waals surface area contributed by atoms with Crippen molar-refractivity contribution in [3.63, 3.8) is 0 Å². The van der Waals surface area contributed by atoms with Gasteiger partial charge in [-0.2, -0.15) is 0 Å². The van der Waals surface area contributed by atoms with Crippen LogP contribution in [0.5, 0.6) is 0 Å². The summed E-state index contributed by atoms with van der Waals surface area (Å²) in [5.41, 5.74) is 0. The topological polar surface area (TPSA) is 44.8 Å². The molecule has 0 aromatic heterocycles. The summed E-state index contributed by atoms with van der Waals surface area (Å²) in [5.74, 6) is 0.107. The molecule has 2 aliphatic rings. The van der Waals surface area contributed by atoms with Crippen molar-refractivity contribution in [3.05, 3.63) is 12.3 Å². The highest BCUT2D eigenvalue weighted by Gasteiger charge is 2.44. The molecule has 90 valence electrons. The Balaban J connectivity index is 1.87. The Labute approximate surface area is 95.6 Å². The number of hydrogen-bond donors (Lipinski definition) is 0. The zero-order valence-electron chi connectivity index (χ0n) is 9.66. The molecule has 1 aliphatic carbocycles. The van der Waals surface area contributed by atoms with E-state index >= 15 is 0 Å². The number of rotatable bonds is 2. The van der Waals surface area contributed by atoms with Crippen molar-refractivity contribution >= 4 is 5.97 Å². The quantitative estimate of drug-likeness (QED) is 0.675. The summed E-state index contributed by atoms with van der Waals surface area (Å²) in [7, 11) is 0. The fraction of sp³-hybridized carbons (Fsp3) is 0.750. The summed E-state index contributed by atoms with van der Waals surface area (Å²) in [6.45, 7) is 6.50. The van der Waals surface area contributed by atoms with E-state index in [1.807, 2.05) is 6.92 Å². The molecule has 2 fully saturated rings. The summed E-state index contributed by atoms with van der Waals surface area (Å²) in [6.07, 6.45) is 3.03. The van der Waals surface area contributed by atoms with Crippen molar-refractivity contribution in [1.29, 1.82) is 0 Å². The summed E-state index contributed by atoms with van der Waals surface area (Å²) in [4.78, 5) is 11.5. The second kappa shape index (κ2) is 4.45. The molecule has 0 aromatic carbocycles. The van der Waals surface area contributed by atoms with Gasteiger partial charge in [-0.25, -0.2) is 0 Å². The van der Waals surface area contributed by atoms with Gasteiger partial charge in [-0.05, 0) is 19.8 Å². The van der Waals surface area contributed by atoms with Crippen molar-refractivity contribution < 1.29 is 19.0 Å². The van der Waals surface area contributed by atoms with E-state index in [2.05, 4.69) is 6.58 Å². The third-order valence-corrected chi connectivity index (χ3v) is 3.19. The van der Waals surface area contributed by atoms with Gasteiger partial charge >= 0.3 is 5.97 Å². The summed E-state index contributed by atoms with van der Waals surface area (Å²) < 4.78 is 16.2. The van der Waals surface area contributed by atoms with E-state index in [0.717, 1.165) is 25.7 Å². The zero-order valence-corrected chi connectivity index (χ0v) is 9.66. The van der Waals surface area contributed by atoms with Crippen molar-refractivity contribution in [2.45, 2.75) is 38.4 Å². The molecule has 0 amide bonds. The largest absolute Gasteiger partial charge is 0.466 e. The number of carbonyl (C=O) groups excluding carboxylic acids is 1. The van der Waals surface area contributed by atoms with Crippen LogP contribution in [-0.2, 0) is 19.0 Å². The predicted molar refractivity (Wildman–Crippen MR) is 57.5 cm³/mol. The molecule has 1 heterocycles. The van der Waals surface area contributed by atoms with E-state index in [9.17, 15) is 4.79 Å². The minimum atomic E-state index is -0.500. The maximum Gasteiger partial charge on any atom is 0.308 e.